The fraction of sp³-hybridized carbons (Fsp3) is 0.774. The van der Waals surface area contributed by atoms with Crippen LogP contribution in [0.15, 0.2) is 60.8 Å². The molecule has 366 valence electrons. The predicted molar refractivity (Wildman–Crippen MR) is 263 cm³/mol. The van der Waals surface area contributed by atoms with E-state index in [2.05, 4.69) is 74.6 Å². The molecule has 0 heterocycles. The summed E-state index contributed by atoms with van der Waals surface area (Å²) in [6, 6.07) is 0. The van der Waals surface area contributed by atoms with Crippen molar-refractivity contribution in [2.75, 3.05) is 47.5 Å². The topological polar surface area (TPSA) is 111 Å². The van der Waals surface area contributed by atoms with Crippen molar-refractivity contribution in [1.82, 2.24) is 0 Å². The Balaban J connectivity index is 4.30. The van der Waals surface area contributed by atoms with Gasteiger partial charge in [0.2, 0.25) is 0 Å². The van der Waals surface area contributed by atoms with E-state index in [0.29, 0.717) is 23.9 Å². The number of quaternary nitrogens is 1. The van der Waals surface area contributed by atoms with Crippen LogP contribution < -0.4 is 4.89 Å². The van der Waals surface area contributed by atoms with Gasteiger partial charge in [-0.3, -0.25) is 14.2 Å². The Morgan fingerprint density at radius 2 is 0.857 bits per heavy atom. The van der Waals surface area contributed by atoms with E-state index in [0.717, 1.165) is 77.0 Å². The lowest BCUT2D eigenvalue weighted by Crippen LogP contribution is -2.37. The van der Waals surface area contributed by atoms with E-state index in [4.69, 9.17) is 18.5 Å². The monoisotopic (exact) mass is 906 g/mol. The molecule has 0 bridgehead atoms. The van der Waals surface area contributed by atoms with Gasteiger partial charge in [0.1, 0.15) is 19.8 Å². The van der Waals surface area contributed by atoms with Gasteiger partial charge in [0, 0.05) is 12.8 Å². The van der Waals surface area contributed by atoms with Crippen LogP contribution in [0.4, 0.5) is 0 Å². The minimum atomic E-state index is -4.64. The summed E-state index contributed by atoms with van der Waals surface area (Å²) in [6.07, 6.45) is 55.3. The van der Waals surface area contributed by atoms with Gasteiger partial charge in [-0.05, 0) is 83.5 Å². The van der Waals surface area contributed by atoms with E-state index in [1.54, 1.807) is 0 Å². The third-order valence-corrected chi connectivity index (χ3v) is 11.7. The number of phosphoric acid groups is 1. The molecule has 63 heavy (non-hydrogen) atoms. The van der Waals surface area contributed by atoms with Crippen molar-refractivity contribution in [2.45, 2.75) is 219 Å². The Morgan fingerprint density at radius 3 is 1.29 bits per heavy atom. The number of ether oxygens (including phenoxy) is 2. The molecule has 2 atom stereocenters. The summed E-state index contributed by atoms with van der Waals surface area (Å²) < 4.78 is 34.0. The molecule has 0 aromatic carbocycles. The highest BCUT2D eigenvalue weighted by Crippen LogP contribution is 2.38. The van der Waals surface area contributed by atoms with Gasteiger partial charge < -0.3 is 27.9 Å². The molecule has 0 aliphatic rings. The third-order valence-electron chi connectivity index (χ3n) is 10.8. The summed E-state index contributed by atoms with van der Waals surface area (Å²) in [5.74, 6) is -0.858. The molecule has 0 N–H and O–H groups in total. The largest absolute Gasteiger partial charge is 0.756 e. The van der Waals surface area contributed by atoms with E-state index in [1.165, 1.54) is 96.3 Å². The smallest absolute Gasteiger partial charge is 0.306 e. The van der Waals surface area contributed by atoms with Crippen LogP contribution >= 0.6 is 7.82 Å². The standard InChI is InChI=1S/C53H96NO8P/c1-6-8-10-12-14-16-18-20-22-24-25-26-27-28-29-30-32-34-36-38-40-42-44-46-53(56)62-51(50-61-63(57,58)60-48-47-54(3,4)5)49-59-52(55)45-43-41-39-37-35-33-31-23-21-19-17-15-13-11-9-7-2/h17-20,23-25,27-28,31,51H,6-16,21-22,26,29-30,32-50H2,1-5H3/b19-17-,20-18-,25-24-,28-27-,31-23-. The van der Waals surface area contributed by atoms with Crippen molar-refractivity contribution in [2.24, 2.45) is 0 Å². The van der Waals surface area contributed by atoms with Crippen LogP contribution in [0, 0.1) is 0 Å². The number of carbonyl (C=O) groups is 2. The Morgan fingerprint density at radius 1 is 0.492 bits per heavy atom. The van der Waals surface area contributed by atoms with Gasteiger partial charge in [0.15, 0.2) is 6.10 Å². The highest BCUT2D eigenvalue weighted by atomic mass is 31.2. The fourth-order valence-electron chi connectivity index (χ4n) is 6.75. The predicted octanol–water partition coefficient (Wildman–Crippen LogP) is 14.6. The zero-order valence-corrected chi connectivity index (χ0v) is 42.2. The molecule has 0 aromatic heterocycles. The number of likely N-dealkylation sites (N-methyl/N-ethyl adjacent to an activating group) is 1. The van der Waals surface area contributed by atoms with Crippen molar-refractivity contribution >= 4 is 19.8 Å². The highest BCUT2D eigenvalue weighted by Gasteiger charge is 2.21. The lowest BCUT2D eigenvalue weighted by molar-refractivity contribution is -0.870. The van der Waals surface area contributed by atoms with Gasteiger partial charge in [0.25, 0.3) is 7.82 Å². The second-order valence-corrected chi connectivity index (χ2v) is 19.6. The zero-order valence-electron chi connectivity index (χ0n) is 41.3. The first kappa shape index (κ1) is 60.7. The van der Waals surface area contributed by atoms with E-state index in [-0.39, 0.29) is 26.1 Å². The second-order valence-electron chi connectivity index (χ2n) is 18.2. The first-order chi connectivity index (χ1) is 30.5. The highest BCUT2D eigenvalue weighted by molar-refractivity contribution is 7.45. The van der Waals surface area contributed by atoms with Gasteiger partial charge in [0.05, 0.1) is 27.7 Å². The van der Waals surface area contributed by atoms with Crippen LogP contribution in [0.2, 0.25) is 0 Å². The molecule has 0 saturated carbocycles. The summed E-state index contributed by atoms with van der Waals surface area (Å²) in [7, 11) is 1.15. The minimum Gasteiger partial charge on any atom is -0.756 e. The van der Waals surface area contributed by atoms with Gasteiger partial charge in [-0.25, -0.2) is 0 Å². The number of rotatable bonds is 46. The van der Waals surface area contributed by atoms with Gasteiger partial charge in [-0.1, -0.05) is 177 Å². The van der Waals surface area contributed by atoms with Crippen LogP contribution in [-0.2, 0) is 32.7 Å². The van der Waals surface area contributed by atoms with Crippen LogP contribution in [0.3, 0.4) is 0 Å². The molecule has 0 aliphatic heterocycles. The molecular formula is C53H96NO8P. The SMILES string of the molecule is CCCCCC/C=C\C/C=C\CCCCCCCC(=O)OCC(COP(=O)([O-])OCC[N+](C)(C)C)OC(=O)CCCCCCCCCC/C=C\C/C=C\C/C=C\CCCCCCC. The molecule has 0 saturated heterocycles. The molecule has 0 aromatic rings. The van der Waals surface area contributed by atoms with Crippen molar-refractivity contribution in [1.29, 1.82) is 0 Å². The molecule has 0 rings (SSSR count). The quantitative estimate of drug-likeness (QED) is 0.0195. The summed E-state index contributed by atoms with van der Waals surface area (Å²) in [5.41, 5.74) is 0. The molecule has 0 fully saturated rings. The molecule has 10 heteroatoms. The van der Waals surface area contributed by atoms with Crippen molar-refractivity contribution in [3.63, 3.8) is 0 Å². The van der Waals surface area contributed by atoms with Crippen molar-refractivity contribution in [3.05, 3.63) is 60.8 Å². The molecule has 0 radical (unpaired) electrons. The lowest BCUT2D eigenvalue weighted by atomic mass is 10.1. The second kappa shape index (κ2) is 44.9. The lowest BCUT2D eigenvalue weighted by Gasteiger charge is -2.28. The molecule has 9 nitrogen and oxygen atoms in total. The fourth-order valence-corrected chi connectivity index (χ4v) is 7.48. The number of carbonyl (C=O) groups excluding carboxylic acids is 2. The first-order valence-corrected chi connectivity index (χ1v) is 27.0. The van der Waals surface area contributed by atoms with Crippen LogP contribution in [0.25, 0.3) is 0 Å². The summed E-state index contributed by atoms with van der Waals surface area (Å²) in [6.45, 7) is 4.18. The Labute approximate surface area is 387 Å². The summed E-state index contributed by atoms with van der Waals surface area (Å²) >= 11 is 0. The Kier molecular flexibility index (Phi) is 43.3. The van der Waals surface area contributed by atoms with Crippen molar-refractivity contribution < 1.29 is 42.1 Å². The normalized spacial score (nSPS) is 13.9. The van der Waals surface area contributed by atoms with Gasteiger partial charge in [-0.2, -0.15) is 0 Å². The minimum absolute atomic E-state index is 0.0370. The number of hydrogen-bond acceptors (Lipinski definition) is 8. The average Bonchev–Trinajstić information content (AvgIpc) is 3.24. The zero-order chi connectivity index (χ0) is 46.4. The number of phosphoric ester groups is 1. The number of hydrogen-bond donors (Lipinski definition) is 0. The van der Waals surface area contributed by atoms with Crippen LogP contribution in [0.1, 0.15) is 213 Å². The van der Waals surface area contributed by atoms with E-state index in [9.17, 15) is 19.0 Å². The van der Waals surface area contributed by atoms with E-state index < -0.39 is 32.5 Å². The maximum absolute atomic E-state index is 12.7. The molecular weight excluding hydrogens is 810 g/mol. The van der Waals surface area contributed by atoms with E-state index >= 15 is 0 Å². The number of esters is 2. The molecule has 0 spiro atoms. The Hall–Kier alpha value is -2.29. The molecule has 2 unspecified atom stereocenters. The maximum atomic E-state index is 12.7. The molecule has 0 aliphatic carbocycles. The summed E-state index contributed by atoms with van der Waals surface area (Å²) in [4.78, 5) is 37.7. The molecule has 0 amide bonds. The summed E-state index contributed by atoms with van der Waals surface area (Å²) in [5, 5.41) is 0. The number of nitrogens with zero attached hydrogens (tertiary/aromatic N) is 1. The number of unbranched alkanes of at least 4 members (excludes halogenated alkanes) is 22. The van der Waals surface area contributed by atoms with Gasteiger partial charge >= 0.3 is 11.9 Å². The van der Waals surface area contributed by atoms with Gasteiger partial charge in [-0.15, -0.1) is 0 Å². The average molecular weight is 906 g/mol. The van der Waals surface area contributed by atoms with Crippen molar-refractivity contribution in [3.8, 4) is 0 Å². The van der Waals surface area contributed by atoms with Crippen LogP contribution in [0.5, 0.6) is 0 Å². The number of allylic oxidation sites excluding steroid dienone is 10. The van der Waals surface area contributed by atoms with E-state index in [1.807, 2.05) is 21.1 Å². The first-order valence-electron chi connectivity index (χ1n) is 25.5. The van der Waals surface area contributed by atoms with Crippen LogP contribution in [-0.4, -0.2) is 70.0 Å². The third kappa shape index (κ3) is 49.0. The maximum Gasteiger partial charge on any atom is 0.306 e. The Bertz CT molecular complexity index is 1250.